The number of hydrogen-bond donors (Lipinski definition) is 1. The molecule has 2 aliphatic rings. The number of amides is 1. The molecule has 31 heavy (non-hydrogen) atoms. The minimum absolute atomic E-state index is 0.118. The van der Waals surface area contributed by atoms with Gasteiger partial charge in [0, 0.05) is 48.6 Å². The van der Waals surface area contributed by atoms with Gasteiger partial charge in [-0.15, -0.1) is 0 Å². The van der Waals surface area contributed by atoms with Crippen molar-refractivity contribution in [3.8, 4) is 12.0 Å². The Labute approximate surface area is 182 Å². The first-order valence-electron chi connectivity index (χ1n) is 10.4. The first-order valence-corrected chi connectivity index (χ1v) is 10.4. The van der Waals surface area contributed by atoms with Gasteiger partial charge in [0.05, 0.1) is 6.07 Å². The van der Waals surface area contributed by atoms with E-state index in [-0.39, 0.29) is 5.91 Å². The van der Waals surface area contributed by atoms with Gasteiger partial charge in [0.2, 0.25) is 6.04 Å². The van der Waals surface area contributed by atoms with E-state index in [0.29, 0.717) is 5.56 Å². The Kier molecular flexibility index (Phi) is 5.58. The summed E-state index contributed by atoms with van der Waals surface area (Å²) < 4.78 is 6.29. The molecule has 1 aliphatic carbocycles. The van der Waals surface area contributed by atoms with Crippen molar-refractivity contribution in [2.45, 2.75) is 26.7 Å². The van der Waals surface area contributed by atoms with Gasteiger partial charge in [-0.05, 0) is 58.8 Å². The monoisotopic (exact) mass is 410 g/mol. The van der Waals surface area contributed by atoms with E-state index in [4.69, 9.17) is 0 Å². The molecule has 5 nitrogen and oxygen atoms in total. The van der Waals surface area contributed by atoms with Crippen molar-refractivity contribution < 1.29 is 4.79 Å². The van der Waals surface area contributed by atoms with Crippen LogP contribution in [0.15, 0.2) is 59.8 Å². The largest absolute Gasteiger partial charge is 0.537 e. The molecule has 0 saturated carbocycles. The summed E-state index contributed by atoms with van der Waals surface area (Å²) in [5.41, 5.74) is 5.74. The molecule has 0 radical (unpaired) electrons. The Morgan fingerprint density at radius 2 is 2.06 bits per heavy atom. The molecule has 0 aromatic heterocycles. The third kappa shape index (κ3) is 4.35. The van der Waals surface area contributed by atoms with Crippen LogP contribution in [0, 0.1) is 18.9 Å². The van der Waals surface area contributed by atoms with Crippen LogP contribution in [0.4, 0.5) is 5.69 Å². The summed E-state index contributed by atoms with van der Waals surface area (Å²) in [5, 5.41) is 4.85. The van der Waals surface area contributed by atoms with Crippen LogP contribution in [-0.4, -0.2) is 26.3 Å². The van der Waals surface area contributed by atoms with Crippen molar-refractivity contribution in [3.63, 3.8) is 0 Å². The van der Waals surface area contributed by atoms with Gasteiger partial charge in [0.15, 0.2) is 0 Å². The standard InChI is InChI=1S/C26H25N4O/c1-5-19-7-9-22(14-19)28-26(31)21-8-6-18(2)20(15-21)12-13-30-17-27-24-16-23(29(3)4)10-11-25(24)30/h6,8-11,14-17H,5,7H2,1-4H3/q+1/p+1. The fourth-order valence-electron chi connectivity index (χ4n) is 3.50. The molecule has 1 N–H and O–H groups in total. The van der Waals surface area contributed by atoms with Crippen LogP contribution in [0.2, 0.25) is 0 Å². The number of aryl methyl sites for hydroxylation is 1. The fourth-order valence-corrected chi connectivity index (χ4v) is 3.50. The Morgan fingerprint density at radius 3 is 2.81 bits per heavy atom. The summed E-state index contributed by atoms with van der Waals surface area (Å²) in [7, 11) is 4.01. The van der Waals surface area contributed by atoms with Crippen LogP contribution in [0.5, 0.6) is 0 Å². The molecule has 1 amide bonds. The Hall–Kier alpha value is -3.87. The highest BCUT2D eigenvalue weighted by molar-refractivity contribution is 5.96. The van der Waals surface area contributed by atoms with Crippen molar-refractivity contribution in [1.82, 2.24) is 14.6 Å². The van der Waals surface area contributed by atoms with Crippen molar-refractivity contribution >= 4 is 17.9 Å². The summed E-state index contributed by atoms with van der Waals surface area (Å²) in [5.74, 6) is 3.09. The zero-order valence-corrected chi connectivity index (χ0v) is 18.4. The maximum Gasteiger partial charge on any atom is 0.537 e. The van der Waals surface area contributed by atoms with Crippen molar-refractivity contribution in [3.05, 3.63) is 87.2 Å². The van der Waals surface area contributed by atoms with Gasteiger partial charge in [-0.1, -0.05) is 24.6 Å². The lowest BCUT2D eigenvalue weighted by molar-refractivity contribution is 0.0967. The summed E-state index contributed by atoms with van der Waals surface area (Å²) in [6, 6.07) is 14.9. The lowest BCUT2D eigenvalue weighted by Crippen LogP contribution is -2.33. The second kappa shape index (κ2) is 8.47. The molecule has 0 bridgehead atoms. The number of anilines is 1. The molecule has 2 aromatic carbocycles. The lowest BCUT2D eigenvalue weighted by atomic mass is 10.0. The molecule has 0 saturated heterocycles. The maximum atomic E-state index is 12.7. The number of allylic oxidation sites excluding steroid dienone is 3. The number of carbonyl (C=O) groups is 1. The zero-order chi connectivity index (χ0) is 22.0. The van der Waals surface area contributed by atoms with Gasteiger partial charge in [0.25, 0.3) is 5.91 Å². The van der Waals surface area contributed by atoms with Crippen LogP contribution < -0.4 is 30.2 Å². The normalized spacial score (nSPS) is 13.6. The zero-order valence-electron chi connectivity index (χ0n) is 18.4. The van der Waals surface area contributed by atoms with Gasteiger partial charge in [-0.25, -0.2) is 0 Å². The number of fused-ring (bicyclic) bond motifs is 1. The van der Waals surface area contributed by atoms with Gasteiger partial charge < -0.3 is 10.2 Å². The van der Waals surface area contributed by atoms with Gasteiger partial charge in [-0.2, -0.15) is 0 Å². The average Bonchev–Trinajstić information content (AvgIpc) is 3.39. The van der Waals surface area contributed by atoms with Crippen LogP contribution in [0.3, 0.4) is 0 Å². The van der Waals surface area contributed by atoms with Crippen molar-refractivity contribution in [2.24, 2.45) is 0 Å². The van der Waals surface area contributed by atoms with E-state index in [1.165, 1.54) is 5.57 Å². The summed E-state index contributed by atoms with van der Waals surface area (Å²) in [6.07, 6.45) is 7.74. The molecular weight excluding hydrogens is 384 g/mol. The Morgan fingerprint density at radius 1 is 1.23 bits per heavy atom. The van der Waals surface area contributed by atoms with Crippen LogP contribution in [0.25, 0.3) is 0 Å². The van der Waals surface area contributed by atoms with Gasteiger partial charge in [0.1, 0.15) is 0 Å². The fraction of sp³-hybridized carbons (Fsp3) is 0.231. The molecule has 1 aliphatic heterocycles. The number of nitrogens with zero attached hydrogens (tertiary/aromatic N) is 3. The Balaban J connectivity index is 1.59. The summed E-state index contributed by atoms with van der Waals surface area (Å²) in [4.78, 5) is 14.8. The SMILES string of the molecule is CCC1=CC(NC(=O)c2ccc(C)c(C#C[N+]3=c4ccc(N(C)C)cc4=[N+]=C3)c2)=CC1. The quantitative estimate of drug-likeness (QED) is 0.473. The molecule has 0 spiro atoms. The molecule has 0 fully saturated rings. The number of rotatable bonds is 4. The van der Waals surface area contributed by atoms with E-state index in [1.54, 1.807) is 6.34 Å². The third-order valence-electron chi connectivity index (χ3n) is 5.51. The third-order valence-corrected chi connectivity index (χ3v) is 5.51. The summed E-state index contributed by atoms with van der Waals surface area (Å²) >= 11 is 0. The predicted octanol–water partition coefficient (Wildman–Crippen LogP) is 1.64. The molecular formula is C26H26N4O+2. The van der Waals surface area contributed by atoms with E-state index in [0.717, 1.165) is 46.1 Å². The second-order valence-electron chi connectivity index (χ2n) is 7.92. The summed E-state index contributed by atoms with van der Waals surface area (Å²) in [6.45, 7) is 4.12. The van der Waals surface area contributed by atoms with E-state index in [9.17, 15) is 4.79 Å². The highest BCUT2D eigenvalue weighted by atomic mass is 16.1. The lowest BCUT2D eigenvalue weighted by Gasteiger charge is -2.08. The van der Waals surface area contributed by atoms with Crippen molar-refractivity contribution in [2.75, 3.05) is 19.0 Å². The second-order valence-corrected chi connectivity index (χ2v) is 7.92. The maximum absolute atomic E-state index is 12.7. The van der Waals surface area contributed by atoms with Crippen LogP contribution in [-0.2, 0) is 0 Å². The minimum atomic E-state index is -0.118. The molecule has 5 heteroatoms. The van der Waals surface area contributed by atoms with Crippen LogP contribution in [0.1, 0.15) is 41.3 Å². The molecule has 1 heterocycles. The number of hydrogen-bond acceptors (Lipinski definition) is 2. The molecule has 4 rings (SSSR count). The van der Waals surface area contributed by atoms with E-state index in [2.05, 4.69) is 47.1 Å². The number of carbonyl (C=O) groups excluding carboxylic acids is 1. The van der Waals surface area contributed by atoms with E-state index in [1.807, 2.05) is 60.8 Å². The average molecular weight is 411 g/mol. The van der Waals surface area contributed by atoms with Crippen molar-refractivity contribution in [1.29, 1.82) is 0 Å². The molecule has 0 unspecified atom stereocenters. The molecule has 0 atom stereocenters. The topological polar surface area (TPSA) is 49.5 Å². The first-order chi connectivity index (χ1) is 14.9. The molecule has 2 aromatic rings. The van der Waals surface area contributed by atoms with E-state index < -0.39 is 0 Å². The molecule has 154 valence electrons. The minimum Gasteiger partial charge on any atom is -0.377 e. The highest BCUT2D eigenvalue weighted by Gasteiger charge is 2.19. The van der Waals surface area contributed by atoms with Gasteiger partial charge >= 0.3 is 17.1 Å². The van der Waals surface area contributed by atoms with E-state index >= 15 is 0 Å². The highest BCUT2D eigenvalue weighted by Crippen LogP contribution is 2.19. The Bertz CT molecular complexity index is 1360. The number of benzene rings is 2. The number of nitrogens with one attached hydrogen (secondary N) is 1. The van der Waals surface area contributed by atoms with Crippen LogP contribution >= 0.6 is 0 Å². The smallest absolute Gasteiger partial charge is 0.377 e. The van der Waals surface area contributed by atoms with Gasteiger partial charge in [-0.3, -0.25) is 4.79 Å². The predicted molar refractivity (Wildman–Crippen MR) is 125 cm³/mol. The first kappa shape index (κ1) is 20.4.